The van der Waals surface area contributed by atoms with Gasteiger partial charge in [0.25, 0.3) is 0 Å². The van der Waals surface area contributed by atoms with Gasteiger partial charge in [-0.25, -0.2) is 13.6 Å². The first-order chi connectivity index (χ1) is 14.1. The summed E-state index contributed by atoms with van der Waals surface area (Å²) < 4.78 is 32.2. The SMILES string of the molecule is O=C(NCC=Cc1cccc(F)c1F)OCC1c2ccccc2-c2ccccc21. The van der Waals surface area contributed by atoms with Gasteiger partial charge in [-0.3, -0.25) is 0 Å². The van der Waals surface area contributed by atoms with Crippen LogP contribution in [0.2, 0.25) is 0 Å². The van der Waals surface area contributed by atoms with E-state index in [-0.39, 0.29) is 24.6 Å². The van der Waals surface area contributed by atoms with E-state index in [2.05, 4.69) is 29.6 Å². The molecule has 0 aromatic heterocycles. The molecular formula is C24H19F2NO2. The Morgan fingerprint density at radius 2 is 1.59 bits per heavy atom. The molecule has 5 heteroatoms. The lowest BCUT2D eigenvalue weighted by molar-refractivity contribution is 0.144. The maximum absolute atomic E-state index is 13.6. The molecule has 29 heavy (non-hydrogen) atoms. The smallest absolute Gasteiger partial charge is 0.407 e. The standard InChI is InChI=1S/C24H19F2NO2/c25-22-13-5-7-16(23(22)26)8-6-14-27-24(28)29-15-21-19-11-3-1-9-17(19)18-10-2-4-12-20(18)21/h1-13,21H,14-15H2,(H,27,28). The highest BCUT2D eigenvalue weighted by molar-refractivity contribution is 5.79. The van der Waals surface area contributed by atoms with Crippen LogP contribution in [-0.4, -0.2) is 19.2 Å². The van der Waals surface area contributed by atoms with Crippen molar-refractivity contribution in [3.05, 3.63) is 101 Å². The van der Waals surface area contributed by atoms with Crippen LogP contribution in [0.3, 0.4) is 0 Å². The number of carbonyl (C=O) groups excluding carboxylic acids is 1. The quantitative estimate of drug-likeness (QED) is 0.622. The third-order valence-electron chi connectivity index (χ3n) is 4.99. The first-order valence-corrected chi connectivity index (χ1v) is 9.34. The van der Waals surface area contributed by atoms with E-state index in [1.807, 2.05) is 24.3 Å². The lowest BCUT2D eigenvalue weighted by atomic mass is 9.98. The number of rotatable bonds is 5. The molecule has 0 unspecified atom stereocenters. The lowest BCUT2D eigenvalue weighted by Gasteiger charge is -2.14. The van der Waals surface area contributed by atoms with Crippen LogP contribution < -0.4 is 5.32 Å². The Labute approximate surface area is 167 Å². The van der Waals surface area contributed by atoms with Gasteiger partial charge in [-0.05, 0) is 28.3 Å². The molecule has 0 spiro atoms. The summed E-state index contributed by atoms with van der Waals surface area (Å²) in [4.78, 5) is 12.1. The molecule has 4 rings (SSSR count). The number of nitrogens with one attached hydrogen (secondary N) is 1. The average molecular weight is 391 g/mol. The van der Waals surface area contributed by atoms with E-state index in [4.69, 9.17) is 4.74 Å². The molecular weight excluding hydrogens is 372 g/mol. The predicted molar refractivity (Wildman–Crippen MR) is 108 cm³/mol. The molecule has 0 saturated heterocycles. The Morgan fingerprint density at radius 1 is 0.931 bits per heavy atom. The number of hydrogen-bond acceptors (Lipinski definition) is 2. The lowest BCUT2D eigenvalue weighted by Crippen LogP contribution is -2.26. The Bertz CT molecular complexity index is 1030. The van der Waals surface area contributed by atoms with E-state index >= 15 is 0 Å². The second kappa shape index (κ2) is 8.27. The molecule has 3 aromatic rings. The third kappa shape index (κ3) is 3.90. The van der Waals surface area contributed by atoms with Crippen LogP contribution in [0.15, 0.2) is 72.8 Å². The summed E-state index contributed by atoms with van der Waals surface area (Å²) in [7, 11) is 0. The summed E-state index contributed by atoms with van der Waals surface area (Å²) in [5.74, 6) is -1.83. The molecule has 1 N–H and O–H groups in total. The normalized spacial score (nSPS) is 12.6. The van der Waals surface area contributed by atoms with Gasteiger partial charge in [-0.2, -0.15) is 0 Å². The van der Waals surface area contributed by atoms with Gasteiger partial charge in [-0.15, -0.1) is 0 Å². The minimum atomic E-state index is -0.912. The highest BCUT2D eigenvalue weighted by Gasteiger charge is 2.28. The molecule has 1 amide bonds. The first kappa shape index (κ1) is 18.9. The summed E-state index contributed by atoms with van der Waals surface area (Å²) >= 11 is 0. The molecule has 0 atom stereocenters. The molecule has 0 fully saturated rings. The van der Waals surface area contributed by atoms with Crippen molar-refractivity contribution in [2.45, 2.75) is 5.92 Å². The number of ether oxygens (including phenoxy) is 1. The van der Waals surface area contributed by atoms with Crippen molar-refractivity contribution < 1.29 is 18.3 Å². The highest BCUT2D eigenvalue weighted by atomic mass is 19.2. The fourth-order valence-corrected chi connectivity index (χ4v) is 3.63. The van der Waals surface area contributed by atoms with Crippen LogP contribution in [0.5, 0.6) is 0 Å². The largest absolute Gasteiger partial charge is 0.449 e. The van der Waals surface area contributed by atoms with Crippen LogP contribution in [-0.2, 0) is 4.74 Å². The number of fused-ring (bicyclic) bond motifs is 3. The zero-order valence-electron chi connectivity index (χ0n) is 15.6. The van der Waals surface area contributed by atoms with Gasteiger partial charge in [0.2, 0.25) is 0 Å². The zero-order chi connectivity index (χ0) is 20.2. The number of alkyl carbamates (subject to hydrolysis) is 1. The van der Waals surface area contributed by atoms with E-state index in [9.17, 15) is 13.6 Å². The Kier molecular flexibility index (Phi) is 5.38. The summed E-state index contributed by atoms with van der Waals surface area (Å²) in [5, 5.41) is 2.59. The first-order valence-electron chi connectivity index (χ1n) is 9.34. The van der Waals surface area contributed by atoms with Crippen LogP contribution in [0.1, 0.15) is 22.6 Å². The molecule has 3 aromatic carbocycles. The predicted octanol–water partition coefficient (Wildman–Crippen LogP) is 5.52. The Hall–Kier alpha value is -3.47. The van der Waals surface area contributed by atoms with Crippen molar-refractivity contribution in [1.82, 2.24) is 5.32 Å². The minimum Gasteiger partial charge on any atom is -0.449 e. The fraction of sp³-hybridized carbons (Fsp3) is 0.125. The zero-order valence-corrected chi connectivity index (χ0v) is 15.6. The third-order valence-corrected chi connectivity index (χ3v) is 4.99. The fourth-order valence-electron chi connectivity index (χ4n) is 3.63. The maximum atomic E-state index is 13.6. The molecule has 0 bridgehead atoms. The van der Waals surface area contributed by atoms with Crippen molar-refractivity contribution in [1.29, 1.82) is 0 Å². The van der Waals surface area contributed by atoms with Gasteiger partial charge in [0.1, 0.15) is 6.61 Å². The summed E-state index contributed by atoms with van der Waals surface area (Å²) in [6, 6.07) is 20.2. The van der Waals surface area contributed by atoms with Crippen molar-refractivity contribution in [2.75, 3.05) is 13.2 Å². The van der Waals surface area contributed by atoms with Crippen molar-refractivity contribution in [3.63, 3.8) is 0 Å². The maximum Gasteiger partial charge on any atom is 0.407 e. The van der Waals surface area contributed by atoms with E-state index in [0.717, 1.165) is 28.3 Å². The van der Waals surface area contributed by atoms with Crippen LogP contribution in [0.25, 0.3) is 17.2 Å². The molecule has 0 saturated carbocycles. The molecule has 1 aliphatic carbocycles. The number of hydrogen-bond donors (Lipinski definition) is 1. The number of amides is 1. The van der Waals surface area contributed by atoms with E-state index < -0.39 is 17.7 Å². The Balaban J connectivity index is 1.34. The van der Waals surface area contributed by atoms with Crippen molar-refractivity contribution >= 4 is 12.2 Å². The second-order valence-corrected chi connectivity index (χ2v) is 6.75. The van der Waals surface area contributed by atoms with Gasteiger partial charge in [0.05, 0.1) is 0 Å². The van der Waals surface area contributed by atoms with Gasteiger partial charge in [0.15, 0.2) is 11.6 Å². The molecule has 0 aliphatic heterocycles. The Morgan fingerprint density at radius 3 is 2.28 bits per heavy atom. The average Bonchev–Trinajstić information content (AvgIpc) is 3.06. The van der Waals surface area contributed by atoms with Crippen LogP contribution in [0.4, 0.5) is 13.6 Å². The number of carbonyl (C=O) groups is 1. The number of benzene rings is 3. The van der Waals surface area contributed by atoms with E-state index in [1.165, 1.54) is 18.2 Å². The molecule has 146 valence electrons. The van der Waals surface area contributed by atoms with E-state index in [1.54, 1.807) is 6.08 Å². The summed E-state index contributed by atoms with van der Waals surface area (Å²) in [6.07, 6.45) is 2.40. The van der Waals surface area contributed by atoms with Crippen LogP contribution >= 0.6 is 0 Å². The topological polar surface area (TPSA) is 38.3 Å². The molecule has 0 radical (unpaired) electrons. The highest BCUT2D eigenvalue weighted by Crippen LogP contribution is 2.44. The van der Waals surface area contributed by atoms with E-state index in [0.29, 0.717) is 0 Å². The molecule has 0 heterocycles. The van der Waals surface area contributed by atoms with Crippen molar-refractivity contribution in [3.8, 4) is 11.1 Å². The van der Waals surface area contributed by atoms with Gasteiger partial charge in [-0.1, -0.05) is 72.8 Å². The minimum absolute atomic E-state index is 0.00918. The summed E-state index contributed by atoms with van der Waals surface area (Å²) in [6.45, 7) is 0.370. The summed E-state index contributed by atoms with van der Waals surface area (Å²) in [5.41, 5.74) is 4.74. The van der Waals surface area contributed by atoms with Gasteiger partial charge < -0.3 is 10.1 Å². The monoisotopic (exact) mass is 391 g/mol. The number of halogens is 2. The van der Waals surface area contributed by atoms with Crippen molar-refractivity contribution in [2.24, 2.45) is 0 Å². The second-order valence-electron chi connectivity index (χ2n) is 6.75. The molecule has 3 nitrogen and oxygen atoms in total. The van der Waals surface area contributed by atoms with Crippen LogP contribution in [0, 0.1) is 11.6 Å². The van der Waals surface area contributed by atoms with Gasteiger partial charge >= 0.3 is 6.09 Å². The van der Waals surface area contributed by atoms with Gasteiger partial charge in [0, 0.05) is 18.0 Å². The molecule has 1 aliphatic rings.